The molecule has 1 atom stereocenters. The predicted octanol–water partition coefficient (Wildman–Crippen LogP) is 3.32. The zero-order chi connectivity index (χ0) is 9.38. The summed E-state index contributed by atoms with van der Waals surface area (Å²) in [6.45, 7) is 0.806. The summed E-state index contributed by atoms with van der Waals surface area (Å²) in [5.41, 5.74) is 2.50. The van der Waals surface area contributed by atoms with Gasteiger partial charge in [-0.2, -0.15) is 5.11 Å². The van der Waals surface area contributed by atoms with Gasteiger partial charge >= 0.3 is 0 Å². The first-order valence-corrected chi connectivity index (χ1v) is 5.37. The van der Waals surface area contributed by atoms with Crippen LogP contribution in [0.25, 0.3) is 10.9 Å². The third kappa shape index (κ3) is 1.23. The summed E-state index contributed by atoms with van der Waals surface area (Å²) in [4.78, 5) is 3.18. The molecule has 0 saturated heterocycles. The minimum atomic E-state index is 0.411. The van der Waals surface area contributed by atoms with E-state index in [0.29, 0.717) is 5.25 Å². The van der Waals surface area contributed by atoms with Crippen LogP contribution in [0.4, 0.5) is 0 Å². The molecule has 1 N–H and O–H groups in total. The first-order chi connectivity index (χ1) is 6.93. The SMILES string of the molecule is c1cc2cc(C3CN=NS3)ccc2[nH]1. The lowest BCUT2D eigenvalue weighted by Gasteiger charge is -2.05. The van der Waals surface area contributed by atoms with Crippen molar-refractivity contribution in [3.8, 4) is 0 Å². The van der Waals surface area contributed by atoms with Crippen LogP contribution < -0.4 is 0 Å². The molecule has 1 aliphatic heterocycles. The van der Waals surface area contributed by atoms with Gasteiger partial charge in [-0.25, -0.2) is 0 Å². The fourth-order valence-electron chi connectivity index (χ4n) is 1.67. The van der Waals surface area contributed by atoms with Crippen molar-refractivity contribution in [2.24, 2.45) is 9.63 Å². The molecule has 1 unspecified atom stereocenters. The zero-order valence-corrected chi connectivity index (χ0v) is 8.29. The van der Waals surface area contributed by atoms with Gasteiger partial charge in [0.1, 0.15) is 0 Å². The standard InChI is InChI=1S/C10H9N3S/c1-2-9-7(3-4-11-9)5-8(1)10-6-12-13-14-10/h1-5,10-11H,6H2. The Hall–Kier alpha value is -1.29. The van der Waals surface area contributed by atoms with E-state index in [4.69, 9.17) is 0 Å². The number of hydrogen-bond donors (Lipinski definition) is 1. The molecule has 70 valence electrons. The van der Waals surface area contributed by atoms with Gasteiger partial charge in [0.2, 0.25) is 0 Å². The summed E-state index contributed by atoms with van der Waals surface area (Å²) in [7, 11) is 0. The molecule has 0 spiro atoms. The van der Waals surface area contributed by atoms with Crippen LogP contribution in [0.5, 0.6) is 0 Å². The van der Waals surface area contributed by atoms with Crippen LogP contribution in [0.3, 0.4) is 0 Å². The molecule has 2 heterocycles. The molecule has 2 aromatic rings. The van der Waals surface area contributed by atoms with Crippen molar-refractivity contribution >= 4 is 22.9 Å². The largest absolute Gasteiger partial charge is 0.361 e. The quantitative estimate of drug-likeness (QED) is 0.709. The van der Waals surface area contributed by atoms with Crippen LogP contribution in [-0.4, -0.2) is 11.5 Å². The van der Waals surface area contributed by atoms with E-state index in [9.17, 15) is 0 Å². The van der Waals surface area contributed by atoms with E-state index in [2.05, 4.69) is 38.9 Å². The summed E-state index contributed by atoms with van der Waals surface area (Å²) in [6, 6.07) is 8.56. The number of fused-ring (bicyclic) bond motifs is 1. The highest BCUT2D eigenvalue weighted by molar-refractivity contribution is 7.98. The highest BCUT2D eigenvalue weighted by Crippen LogP contribution is 2.35. The molecule has 3 nitrogen and oxygen atoms in total. The van der Waals surface area contributed by atoms with E-state index >= 15 is 0 Å². The van der Waals surface area contributed by atoms with Crippen LogP contribution in [0.1, 0.15) is 10.8 Å². The first-order valence-electron chi connectivity index (χ1n) is 4.53. The lowest BCUT2D eigenvalue weighted by Crippen LogP contribution is -1.92. The Morgan fingerprint density at radius 1 is 1.36 bits per heavy atom. The van der Waals surface area contributed by atoms with Gasteiger partial charge in [0, 0.05) is 23.7 Å². The lowest BCUT2D eigenvalue weighted by molar-refractivity contribution is 0.944. The van der Waals surface area contributed by atoms with Gasteiger partial charge in [-0.1, -0.05) is 6.07 Å². The Morgan fingerprint density at radius 2 is 2.36 bits per heavy atom. The third-order valence-electron chi connectivity index (χ3n) is 2.43. The summed E-state index contributed by atoms with van der Waals surface area (Å²) < 4.78 is 3.94. The van der Waals surface area contributed by atoms with Gasteiger partial charge < -0.3 is 4.98 Å². The number of benzene rings is 1. The molecule has 1 aromatic heterocycles. The van der Waals surface area contributed by atoms with Gasteiger partial charge in [-0.05, 0) is 29.1 Å². The second kappa shape index (κ2) is 3.13. The molecule has 3 rings (SSSR count). The molecule has 1 aromatic carbocycles. The van der Waals surface area contributed by atoms with Crippen LogP contribution in [0, 0.1) is 0 Å². The number of rotatable bonds is 1. The van der Waals surface area contributed by atoms with E-state index in [1.165, 1.54) is 16.5 Å². The van der Waals surface area contributed by atoms with Crippen molar-refractivity contribution in [1.82, 2.24) is 4.98 Å². The van der Waals surface area contributed by atoms with Crippen molar-refractivity contribution in [2.45, 2.75) is 5.25 Å². The Labute approximate surface area is 85.8 Å². The fourth-order valence-corrected chi connectivity index (χ4v) is 2.32. The molecular formula is C10H9N3S. The molecule has 0 bridgehead atoms. The van der Waals surface area contributed by atoms with Crippen molar-refractivity contribution in [2.75, 3.05) is 6.54 Å². The first kappa shape index (κ1) is 8.05. The maximum Gasteiger partial charge on any atom is 0.0788 e. The van der Waals surface area contributed by atoms with Gasteiger partial charge in [0.25, 0.3) is 0 Å². The second-order valence-corrected chi connectivity index (χ2v) is 4.27. The normalized spacial score (nSPS) is 20.7. The molecular weight excluding hydrogens is 194 g/mol. The average Bonchev–Trinajstić information content (AvgIpc) is 2.88. The van der Waals surface area contributed by atoms with Crippen LogP contribution >= 0.6 is 11.9 Å². The van der Waals surface area contributed by atoms with E-state index < -0.39 is 0 Å². The maximum atomic E-state index is 3.99. The Morgan fingerprint density at radius 3 is 3.21 bits per heavy atom. The smallest absolute Gasteiger partial charge is 0.0788 e. The molecule has 0 amide bonds. The Kier molecular flexibility index (Phi) is 1.80. The van der Waals surface area contributed by atoms with Crippen molar-refractivity contribution < 1.29 is 0 Å². The van der Waals surface area contributed by atoms with Crippen LogP contribution in [0.15, 0.2) is 40.1 Å². The molecule has 4 heteroatoms. The van der Waals surface area contributed by atoms with Crippen molar-refractivity contribution in [1.29, 1.82) is 0 Å². The average molecular weight is 203 g/mol. The van der Waals surface area contributed by atoms with E-state index in [0.717, 1.165) is 6.54 Å². The molecule has 1 aliphatic rings. The van der Waals surface area contributed by atoms with E-state index in [1.807, 2.05) is 6.20 Å². The molecule has 0 saturated carbocycles. The summed E-state index contributed by atoms with van der Waals surface area (Å²) in [5.74, 6) is 0. The Bertz CT molecular complexity index is 481. The lowest BCUT2D eigenvalue weighted by atomic mass is 10.1. The van der Waals surface area contributed by atoms with Crippen LogP contribution in [-0.2, 0) is 0 Å². The predicted molar refractivity (Wildman–Crippen MR) is 58.4 cm³/mol. The molecule has 0 radical (unpaired) electrons. The summed E-state index contributed by atoms with van der Waals surface area (Å²) >= 11 is 1.55. The highest BCUT2D eigenvalue weighted by Gasteiger charge is 2.16. The number of nitrogens with zero attached hydrogens (tertiary/aromatic N) is 2. The summed E-state index contributed by atoms with van der Waals surface area (Å²) in [6.07, 6.45) is 1.96. The van der Waals surface area contributed by atoms with Crippen LogP contribution in [0.2, 0.25) is 0 Å². The number of aromatic amines is 1. The number of hydrogen-bond acceptors (Lipinski definition) is 3. The zero-order valence-electron chi connectivity index (χ0n) is 7.47. The number of H-pyrrole nitrogens is 1. The van der Waals surface area contributed by atoms with E-state index in [1.54, 1.807) is 11.9 Å². The molecule has 14 heavy (non-hydrogen) atoms. The summed E-state index contributed by atoms with van der Waals surface area (Å²) in [5, 5.41) is 5.66. The van der Waals surface area contributed by atoms with Gasteiger partial charge in [0.15, 0.2) is 0 Å². The van der Waals surface area contributed by atoms with E-state index in [-0.39, 0.29) is 0 Å². The highest BCUT2D eigenvalue weighted by atomic mass is 32.2. The van der Waals surface area contributed by atoms with Gasteiger partial charge in [-0.3, -0.25) is 0 Å². The monoisotopic (exact) mass is 203 g/mol. The number of aromatic nitrogens is 1. The molecule has 0 aliphatic carbocycles. The maximum absolute atomic E-state index is 3.99. The van der Waals surface area contributed by atoms with Crippen molar-refractivity contribution in [3.05, 3.63) is 36.0 Å². The second-order valence-electron chi connectivity index (χ2n) is 3.32. The van der Waals surface area contributed by atoms with Gasteiger partial charge in [-0.15, -0.1) is 4.52 Å². The minimum absolute atomic E-state index is 0.411. The Balaban J connectivity index is 2.04. The molecule has 0 fully saturated rings. The van der Waals surface area contributed by atoms with Crippen molar-refractivity contribution in [3.63, 3.8) is 0 Å². The third-order valence-corrected chi connectivity index (χ3v) is 3.31. The topological polar surface area (TPSA) is 40.5 Å². The number of nitrogens with one attached hydrogen (secondary N) is 1. The fraction of sp³-hybridized carbons (Fsp3) is 0.200. The van der Waals surface area contributed by atoms with Gasteiger partial charge in [0.05, 0.1) is 11.8 Å². The minimum Gasteiger partial charge on any atom is -0.361 e.